The van der Waals surface area contributed by atoms with Crippen LogP contribution < -0.4 is 10.6 Å². The summed E-state index contributed by atoms with van der Waals surface area (Å²) >= 11 is 0. The van der Waals surface area contributed by atoms with Crippen molar-refractivity contribution < 1.29 is 9.50 Å². The summed E-state index contributed by atoms with van der Waals surface area (Å²) < 4.78 is 13.1. The predicted octanol–water partition coefficient (Wildman–Crippen LogP) is 3.81. The molecule has 0 amide bonds. The normalized spacial score (nSPS) is 18.9. The van der Waals surface area contributed by atoms with Crippen LogP contribution in [0, 0.1) is 29.6 Å². The highest BCUT2D eigenvalue weighted by atomic mass is 19.1. The highest BCUT2D eigenvalue weighted by Gasteiger charge is 2.36. The van der Waals surface area contributed by atoms with Gasteiger partial charge >= 0.3 is 0 Å². The average Bonchev–Trinajstić information content (AvgIpc) is 3.24. The summed E-state index contributed by atoms with van der Waals surface area (Å²) in [4.78, 5) is 11.1. The Hall–Kier alpha value is -4.05. The Morgan fingerprint density at radius 2 is 2.00 bits per heavy atom. The van der Waals surface area contributed by atoms with E-state index in [1.165, 1.54) is 0 Å². The second-order valence-corrected chi connectivity index (χ2v) is 10.1. The van der Waals surface area contributed by atoms with Gasteiger partial charge in [0.15, 0.2) is 0 Å². The lowest BCUT2D eigenvalue weighted by Crippen LogP contribution is -2.48. The first-order valence-corrected chi connectivity index (χ1v) is 12.3. The van der Waals surface area contributed by atoms with Gasteiger partial charge in [0.05, 0.1) is 35.2 Å². The molecule has 0 bridgehead atoms. The average molecular weight is 498 g/mol. The third kappa shape index (κ3) is 4.72. The molecule has 2 aliphatic rings. The van der Waals surface area contributed by atoms with Crippen molar-refractivity contribution in [1.82, 2.24) is 14.9 Å². The summed E-state index contributed by atoms with van der Waals surface area (Å²) in [7, 11) is 0. The first-order chi connectivity index (χ1) is 17.8. The largest absolute Gasteiger partial charge is 0.395 e. The zero-order chi connectivity index (χ0) is 26.2. The molecule has 9 heteroatoms. The predicted molar refractivity (Wildman–Crippen MR) is 139 cm³/mol. The van der Waals surface area contributed by atoms with E-state index in [2.05, 4.69) is 32.7 Å². The molecule has 3 N–H and O–H groups in total. The summed E-state index contributed by atoms with van der Waals surface area (Å²) in [5, 5.41) is 35.9. The highest BCUT2D eigenvalue weighted by molar-refractivity contribution is 5.76. The Kier molecular flexibility index (Phi) is 6.51. The van der Waals surface area contributed by atoms with Gasteiger partial charge in [0.1, 0.15) is 12.2 Å². The second-order valence-electron chi connectivity index (χ2n) is 10.1. The summed E-state index contributed by atoms with van der Waals surface area (Å²) in [6.45, 7) is 6.09. The molecular weight excluding hydrogens is 469 g/mol. The van der Waals surface area contributed by atoms with Crippen LogP contribution in [0.4, 0.5) is 21.7 Å². The van der Waals surface area contributed by atoms with Crippen LogP contribution in [0.15, 0.2) is 36.5 Å². The van der Waals surface area contributed by atoms with E-state index in [9.17, 15) is 20.0 Å². The maximum absolute atomic E-state index is 13.1. The zero-order valence-corrected chi connectivity index (χ0v) is 20.8. The fourth-order valence-electron chi connectivity index (χ4n) is 4.95. The fraction of sp³-hybridized carbons (Fsp3) is 0.357. The number of hydrogen-bond acceptors (Lipinski definition) is 8. The standard InChI is InChI=1S/C28H28FN7O/c1-17-7-18(4-6-36-13-22(29)14-36)20(11-30)10-25(17)35-27-32-5-3-24(34-27)19-8-21(12-31)26-23(9-19)28(2,16-37)15-33-26/h3,5,7-10,22,33,37H,4,6,13-16H2,1-2H3,(H,32,34,35)/t28-/m1/s1. The van der Waals surface area contributed by atoms with Crippen molar-refractivity contribution in [3.8, 4) is 23.4 Å². The molecule has 1 atom stereocenters. The first-order valence-electron chi connectivity index (χ1n) is 12.3. The van der Waals surface area contributed by atoms with Gasteiger partial charge in [-0.25, -0.2) is 14.4 Å². The molecule has 3 heterocycles. The quantitative estimate of drug-likeness (QED) is 0.451. The number of fused-ring (bicyclic) bond motifs is 1. The monoisotopic (exact) mass is 497 g/mol. The molecule has 0 aliphatic carbocycles. The van der Waals surface area contributed by atoms with Crippen LogP contribution in [0.5, 0.6) is 0 Å². The molecule has 188 valence electrons. The molecule has 8 nitrogen and oxygen atoms in total. The number of aryl methyl sites for hydroxylation is 1. The Morgan fingerprint density at radius 1 is 1.22 bits per heavy atom. The number of rotatable bonds is 7. The van der Waals surface area contributed by atoms with Crippen LogP contribution in [0.1, 0.15) is 34.7 Å². The molecule has 0 unspecified atom stereocenters. The third-order valence-electron chi connectivity index (χ3n) is 7.29. The number of aliphatic hydroxyl groups excluding tert-OH is 1. The maximum atomic E-state index is 13.1. The molecule has 5 rings (SSSR count). The minimum atomic E-state index is -0.737. The molecule has 1 saturated heterocycles. The van der Waals surface area contributed by atoms with Crippen molar-refractivity contribution in [2.45, 2.75) is 31.9 Å². The number of anilines is 3. The number of aromatic nitrogens is 2. The molecule has 2 aromatic carbocycles. The lowest BCUT2D eigenvalue weighted by Gasteiger charge is -2.34. The van der Waals surface area contributed by atoms with E-state index in [1.807, 2.05) is 30.9 Å². The van der Waals surface area contributed by atoms with Gasteiger partial charge in [0, 0.05) is 49.0 Å². The van der Waals surface area contributed by atoms with Crippen LogP contribution in [0.2, 0.25) is 0 Å². The number of alkyl halides is 1. The number of hydrogen-bond donors (Lipinski definition) is 3. The van der Waals surface area contributed by atoms with Crippen molar-refractivity contribution in [1.29, 1.82) is 10.5 Å². The van der Waals surface area contributed by atoms with E-state index in [4.69, 9.17) is 0 Å². The van der Waals surface area contributed by atoms with E-state index in [0.29, 0.717) is 48.8 Å². The first kappa shape index (κ1) is 24.6. The van der Waals surface area contributed by atoms with E-state index in [1.54, 1.807) is 24.4 Å². The molecule has 0 saturated carbocycles. The Bertz CT molecular complexity index is 1440. The Labute approximate surface area is 215 Å². The van der Waals surface area contributed by atoms with Gasteiger partial charge in [-0.15, -0.1) is 0 Å². The minimum absolute atomic E-state index is 0.0389. The van der Waals surface area contributed by atoms with Gasteiger partial charge in [0.2, 0.25) is 5.95 Å². The molecule has 0 radical (unpaired) electrons. The lowest BCUT2D eigenvalue weighted by molar-refractivity contribution is 0.0670. The summed E-state index contributed by atoms with van der Waals surface area (Å²) in [6, 6.07) is 13.8. The van der Waals surface area contributed by atoms with Gasteiger partial charge in [0.25, 0.3) is 0 Å². The van der Waals surface area contributed by atoms with Gasteiger partial charge in [-0.1, -0.05) is 13.0 Å². The fourth-order valence-corrected chi connectivity index (χ4v) is 4.95. The zero-order valence-electron chi connectivity index (χ0n) is 20.8. The smallest absolute Gasteiger partial charge is 0.227 e. The number of nitrogens with zero attached hydrogens (tertiary/aromatic N) is 5. The van der Waals surface area contributed by atoms with E-state index < -0.39 is 11.6 Å². The summed E-state index contributed by atoms with van der Waals surface area (Å²) in [5.74, 6) is 0.369. The topological polar surface area (TPSA) is 121 Å². The van der Waals surface area contributed by atoms with E-state index >= 15 is 0 Å². The van der Waals surface area contributed by atoms with Crippen molar-refractivity contribution >= 4 is 17.3 Å². The number of halogens is 1. The van der Waals surface area contributed by atoms with Gasteiger partial charge in [-0.3, -0.25) is 4.90 Å². The maximum Gasteiger partial charge on any atom is 0.227 e. The van der Waals surface area contributed by atoms with E-state index in [0.717, 1.165) is 40.2 Å². The Balaban J connectivity index is 1.41. The second kappa shape index (κ2) is 9.78. The van der Waals surface area contributed by atoms with Crippen molar-refractivity contribution in [3.05, 3.63) is 64.3 Å². The lowest BCUT2D eigenvalue weighted by atomic mass is 9.83. The minimum Gasteiger partial charge on any atom is -0.395 e. The van der Waals surface area contributed by atoms with Crippen LogP contribution in [0.25, 0.3) is 11.3 Å². The molecule has 37 heavy (non-hydrogen) atoms. The molecule has 1 fully saturated rings. The highest BCUT2D eigenvalue weighted by Crippen LogP contribution is 2.41. The number of aliphatic hydroxyl groups is 1. The number of likely N-dealkylation sites (tertiary alicyclic amines) is 1. The van der Waals surface area contributed by atoms with Crippen LogP contribution >= 0.6 is 0 Å². The molecule has 0 spiro atoms. The SMILES string of the molecule is Cc1cc(CCN2CC(F)C2)c(C#N)cc1Nc1nccc(-c2cc(C#N)c3c(c2)[C@@](C)(CO)CN3)n1. The van der Waals surface area contributed by atoms with E-state index in [-0.39, 0.29) is 6.61 Å². The Morgan fingerprint density at radius 3 is 2.70 bits per heavy atom. The molecule has 3 aromatic rings. The van der Waals surface area contributed by atoms with Crippen LogP contribution in [0.3, 0.4) is 0 Å². The van der Waals surface area contributed by atoms with Gasteiger partial charge in [-0.05, 0) is 54.3 Å². The molecule has 2 aliphatic heterocycles. The number of nitrogens with one attached hydrogen (secondary N) is 2. The van der Waals surface area contributed by atoms with Crippen LogP contribution in [-0.4, -0.2) is 58.9 Å². The van der Waals surface area contributed by atoms with Gasteiger partial charge < -0.3 is 15.7 Å². The summed E-state index contributed by atoms with van der Waals surface area (Å²) in [5.41, 5.74) is 6.24. The number of benzene rings is 2. The number of nitriles is 2. The van der Waals surface area contributed by atoms with Crippen molar-refractivity contribution in [2.24, 2.45) is 0 Å². The van der Waals surface area contributed by atoms with Crippen LogP contribution in [-0.2, 0) is 11.8 Å². The third-order valence-corrected chi connectivity index (χ3v) is 7.29. The van der Waals surface area contributed by atoms with Gasteiger partial charge in [-0.2, -0.15) is 10.5 Å². The van der Waals surface area contributed by atoms with Crippen molar-refractivity contribution in [2.75, 3.05) is 43.4 Å². The molecular formula is C28H28FN7O. The van der Waals surface area contributed by atoms with Crippen molar-refractivity contribution in [3.63, 3.8) is 0 Å². The molecule has 1 aromatic heterocycles. The summed E-state index contributed by atoms with van der Waals surface area (Å²) in [6.07, 6.45) is 1.59.